The van der Waals surface area contributed by atoms with Crippen LogP contribution in [-0.2, 0) is 14.8 Å². The fourth-order valence-corrected chi connectivity index (χ4v) is 3.21. The Labute approximate surface area is 119 Å². The van der Waals surface area contributed by atoms with E-state index in [-0.39, 0.29) is 11.9 Å². The van der Waals surface area contributed by atoms with Gasteiger partial charge in [-0.15, -0.1) is 0 Å². The van der Waals surface area contributed by atoms with Gasteiger partial charge in [0.15, 0.2) is 0 Å². The van der Waals surface area contributed by atoms with Crippen LogP contribution in [0.1, 0.15) is 19.4 Å². The molecule has 0 spiro atoms. The average molecular weight is 300 g/mol. The Bertz CT molecular complexity index is 555. The molecule has 0 aromatic carbocycles. The maximum Gasteiger partial charge on any atom is 0.247 e. The molecule has 8 heteroatoms. The van der Waals surface area contributed by atoms with Crippen LogP contribution in [0, 0.1) is 0 Å². The number of carbonyl (C=O) groups excluding carboxylic acids is 1. The van der Waals surface area contributed by atoms with Gasteiger partial charge in [-0.3, -0.25) is 9.48 Å². The van der Waals surface area contributed by atoms with E-state index in [0.717, 1.165) is 0 Å². The van der Waals surface area contributed by atoms with Gasteiger partial charge < -0.3 is 4.90 Å². The zero-order chi connectivity index (χ0) is 14.8. The summed E-state index contributed by atoms with van der Waals surface area (Å²) in [5, 5.41) is 4.07. The molecule has 1 fully saturated rings. The van der Waals surface area contributed by atoms with E-state index in [1.165, 1.54) is 10.6 Å². The highest BCUT2D eigenvalue weighted by Crippen LogP contribution is 2.13. The molecule has 0 aliphatic carbocycles. The molecule has 1 atom stereocenters. The number of amides is 1. The number of sulfonamides is 1. The summed E-state index contributed by atoms with van der Waals surface area (Å²) in [6.45, 7) is 3.64. The molecule has 0 radical (unpaired) electrons. The summed E-state index contributed by atoms with van der Waals surface area (Å²) < 4.78 is 26.1. The highest BCUT2D eigenvalue weighted by atomic mass is 32.2. The highest BCUT2D eigenvalue weighted by molar-refractivity contribution is 7.88. The molecule has 2 rings (SSSR count). The van der Waals surface area contributed by atoms with E-state index in [0.29, 0.717) is 32.6 Å². The molecule has 0 bridgehead atoms. The van der Waals surface area contributed by atoms with Crippen LogP contribution in [0.25, 0.3) is 0 Å². The average Bonchev–Trinajstić information content (AvgIpc) is 2.79. The molecular weight excluding hydrogens is 280 g/mol. The topological polar surface area (TPSA) is 75.5 Å². The second-order valence-corrected chi connectivity index (χ2v) is 6.99. The predicted molar refractivity (Wildman–Crippen MR) is 74.6 cm³/mol. The molecule has 1 aliphatic heterocycles. The molecule has 1 aromatic heterocycles. The smallest absolute Gasteiger partial charge is 0.247 e. The van der Waals surface area contributed by atoms with Crippen LogP contribution >= 0.6 is 0 Å². The van der Waals surface area contributed by atoms with Crippen molar-refractivity contribution < 1.29 is 13.2 Å². The van der Waals surface area contributed by atoms with Crippen LogP contribution in [0.2, 0.25) is 0 Å². The standard InChI is InChI=1S/C12H20N4O3S/c1-11(16-8-3-5-13-16)12(17)14-6-4-7-15(10-9-14)20(2,18)19/h3,5,8,11H,4,6-7,9-10H2,1-2H3/t11-/m0/s1. The van der Waals surface area contributed by atoms with Crippen molar-refractivity contribution >= 4 is 15.9 Å². The van der Waals surface area contributed by atoms with Crippen LogP contribution in [-0.4, -0.2) is 65.7 Å². The number of hydrogen-bond donors (Lipinski definition) is 0. The molecule has 0 unspecified atom stereocenters. The summed E-state index contributed by atoms with van der Waals surface area (Å²) >= 11 is 0. The Morgan fingerprint density at radius 1 is 1.25 bits per heavy atom. The SMILES string of the molecule is C[C@@H](C(=O)N1CCCN(S(C)(=O)=O)CC1)n1cccn1. The molecular formula is C12H20N4O3S. The van der Waals surface area contributed by atoms with Crippen molar-refractivity contribution in [3.8, 4) is 0 Å². The summed E-state index contributed by atoms with van der Waals surface area (Å²) in [5.41, 5.74) is 0. The Hall–Kier alpha value is -1.41. The van der Waals surface area contributed by atoms with Crippen molar-refractivity contribution in [1.82, 2.24) is 19.0 Å². The van der Waals surface area contributed by atoms with Crippen molar-refractivity contribution in [2.45, 2.75) is 19.4 Å². The zero-order valence-electron chi connectivity index (χ0n) is 11.8. The zero-order valence-corrected chi connectivity index (χ0v) is 12.6. The van der Waals surface area contributed by atoms with Crippen LogP contribution in [0.5, 0.6) is 0 Å². The third-order valence-electron chi connectivity index (χ3n) is 3.51. The van der Waals surface area contributed by atoms with E-state index in [1.807, 2.05) is 0 Å². The van der Waals surface area contributed by atoms with Crippen molar-refractivity contribution in [3.05, 3.63) is 18.5 Å². The Morgan fingerprint density at radius 2 is 2.00 bits per heavy atom. The second kappa shape index (κ2) is 5.92. The molecule has 0 N–H and O–H groups in total. The van der Waals surface area contributed by atoms with Gasteiger partial charge in [0.05, 0.1) is 6.26 Å². The Kier molecular flexibility index (Phi) is 4.44. The summed E-state index contributed by atoms with van der Waals surface area (Å²) in [4.78, 5) is 14.1. The summed E-state index contributed by atoms with van der Waals surface area (Å²) in [6.07, 6.45) is 5.25. The lowest BCUT2D eigenvalue weighted by atomic mass is 10.2. The largest absolute Gasteiger partial charge is 0.339 e. The second-order valence-electron chi connectivity index (χ2n) is 5.00. The molecule has 20 heavy (non-hydrogen) atoms. The van der Waals surface area contributed by atoms with Gasteiger partial charge >= 0.3 is 0 Å². The molecule has 1 aromatic rings. The molecule has 1 saturated heterocycles. The summed E-state index contributed by atoms with van der Waals surface area (Å²) in [7, 11) is -3.18. The van der Waals surface area contributed by atoms with E-state index in [2.05, 4.69) is 5.10 Å². The number of rotatable bonds is 3. The van der Waals surface area contributed by atoms with Crippen LogP contribution in [0.3, 0.4) is 0 Å². The Balaban J connectivity index is 2.02. The minimum Gasteiger partial charge on any atom is -0.339 e. The fraction of sp³-hybridized carbons (Fsp3) is 0.667. The van der Waals surface area contributed by atoms with E-state index in [4.69, 9.17) is 0 Å². The van der Waals surface area contributed by atoms with Crippen LogP contribution < -0.4 is 0 Å². The molecule has 112 valence electrons. The Morgan fingerprint density at radius 3 is 2.60 bits per heavy atom. The van der Waals surface area contributed by atoms with Crippen molar-refractivity contribution in [3.63, 3.8) is 0 Å². The van der Waals surface area contributed by atoms with Crippen molar-refractivity contribution in [1.29, 1.82) is 0 Å². The highest BCUT2D eigenvalue weighted by Gasteiger charge is 2.27. The van der Waals surface area contributed by atoms with E-state index >= 15 is 0 Å². The molecule has 0 saturated carbocycles. The molecule has 2 heterocycles. The van der Waals surface area contributed by atoms with Gasteiger partial charge in [-0.1, -0.05) is 0 Å². The van der Waals surface area contributed by atoms with E-state index in [9.17, 15) is 13.2 Å². The van der Waals surface area contributed by atoms with Gasteiger partial charge in [-0.05, 0) is 19.4 Å². The quantitative estimate of drug-likeness (QED) is 0.783. The van der Waals surface area contributed by atoms with Gasteiger partial charge in [0.25, 0.3) is 0 Å². The van der Waals surface area contributed by atoms with Crippen LogP contribution in [0.4, 0.5) is 0 Å². The minimum atomic E-state index is -3.18. The van der Waals surface area contributed by atoms with Gasteiger partial charge in [0.2, 0.25) is 15.9 Å². The lowest BCUT2D eigenvalue weighted by Crippen LogP contribution is -2.39. The third kappa shape index (κ3) is 3.37. The van der Waals surface area contributed by atoms with Gasteiger partial charge in [0, 0.05) is 38.6 Å². The van der Waals surface area contributed by atoms with Crippen molar-refractivity contribution in [2.24, 2.45) is 0 Å². The van der Waals surface area contributed by atoms with E-state index < -0.39 is 10.0 Å². The van der Waals surface area contributed by atoms with E-state index in [1.54, 1.807) is 35.0 Å². The molecule has 7 nitrogen and oxygen atoms in total. The minimum absolute atomic E-state index is 0.0240. The first-order valence-corrected chi connectivity index (χ1v) is 8.47. The maximum absolute atomic E-state index is 12.4. The lowest BCUT2D eigenvalue weighted by molar-refractivity contribution is -0.134. The summed E-state index contributed by atoms with van der Waals surface area (Å²) in [5.74, 6) is -0.0240. The first-order valence-electron chi connectivity index (χ1n) is 6.62. The monoisotopic (exact) mass is 300 g/mol. The first kappa shape index (κ1) is 15.0. The summed E-state index contributed by atoms with van der Waals surface area (Å²) in [6, 6.07) is 1.41. The normalized spacial score (nSPS) is 19.6. The fourth-order valence-electron chi connectivity index (χ4n) is 2.33. The van der Waals surface area contributed by atoms with Crippen LogP contribution in [0.15, 0.2) is 18.5 Å². The number of carbonyl (C=O) groups is 1. The van der Waals surface area contributed by atoms with Crippen molar-refractivity contribution in [2.75, 3.05) is 32.4 Å². The third-order valence-corrected chi connectivity index (χ3v) is 4.82. The number of hydrogen-bond acceptors (Lipinski definition) is 4. The molecule has 1 amide bonds. The predicted octanol–water partition coefficient (Wildman–Crippen LogP) is -0.0620. The lowest BCUT2D eigenvalue weighted by Gasteiger charge is -2.24. The molecule has 1 aliphatic rings. The number of nitrogens with zero attached hydrogens (tertiary/aromatic N) is 4. The number of aromatic nitrogens is 2. The van der Waals surface area contributed by atoms with Gasteiger partial charge in [-0.2, -0.15) is 5.10 Å². The first-order chi connectivity index (χ1) is 9.39. The van der Waals surface area contributed by atoms with Gasteiger partial charge in [-0.25, -0.2) is 12.7 Å². The van der Waals surface area contributed by atoms with Gasteiger partial charge in [0.1, 0.15) is 6.04 Å². The maximum atomic E-state index is 12.4.